The van der Waals surface area contributed by atoms with Gasteiger partial charge in [0.05, 0.1) is 25.4 Å². The quantitative estimate of drug-likeness (QED) is 0.256. The van der Waals surface area contributed by atoms with Gasteiger partial charge in [-0.25, -0.2) is 9.69 Å². The molecule has 0 radical (unpaired) electrons. The Balaban J connectivity index is 0.000000152. The van der Waals surface area contributed by atoms with Gasteiger partial charge >= 0.3 is 0 Å². The van der Waals surface area contributed by atoms with E-state index in [9.17, 15) is 19.8 Å². The zero-order chi connectivity index (χ0) is 34.2. The van der Waals surface area contributed by atoms with Crippen LogP contribution in [0.25, 0.3) is 9.69 Å². The molecule has 0 bridgehead atoms. The number of carbonyl (C=O) groups excluding carboxylic acids is 2. The van der Waals surface area contributed by atoms with Crippen LogP contribution in [0.4, 0.5) is 0 Å². The van der Waals surface area contributed by atoms with Crippen LogP contribution < -0.4 is 0 Å². The normalized spacial score (nSPS) is 52.3. The predicted molar refractivity (Wildman–Crippen MR) is 186 cm³/mol. The van der Waals surface area contributed by atoms with Crippen molar-refractivity contribution in [2.45, 2.75) is 143 Å². The van der Waals surface area contributed by atoms with Crippen LogP contribution in [0.5, 0.6) is 0 Å². The molecule has 8 aliphatic carbocycles. The van der Waals surface area contributed by atoms with Crippen molar-refractivity contribution in [2.75, 3.05) is 0 Å². The molecule has 0 aromatic rings. The van der Waals surface area contributed by atoms with Gasteiger partial charge in [0.25, 0.3) is 0 Å². The summed E-state index contributed by atoms with van der Waals surface area (Å²) in [6.07, 6.45) is 18.7. The van der Waals surface area contributed by atoms with Crippen molar-refractivity contribution in [2.24, 2.45) is 69.0 Å². The Morgan fingerprint density at radius 1 is 0.625 bits per heavy atom. The van der Waals surface area contributed by atoms with E-state index >= 15 is 0 Å². The number of allylic oxidation sites excluding steroid dienone is 2. The highest BCUT2D eigenvalue weighted by atomic mass is 16.3. The second-order valence-electron chi connectivity index (χ2n) is 18.7. The summed E-state index contributed by atoms with van der Waals surface area (Å²) in [6, 6.07) is 0. The van der Waals surface area contributed by atoms with Crippen molar-refractivity contribution in [3.63, 3.8) is 0 Å². The molecule has 8 fully saturated rings. The van der Waals surface area contributed by atoms with Gasteiger partial charge in [0.15, 0.2) is 12.4 Å². The second kappa shape index (κ2) is 12.2. The van der Waals surface area contributed by atoms with Gasteiger partial charge in [-0.2, -0.15) is 0 Å². The van der Waals surface area contributed by atoms with E-state index in [0.717, 1.165) is 89.9 Å². The van der Waals surface area contributed by atoms with Crippen LogP contribution in [-0.4, -0.2) is 34.0 Å². The van der Waals surface area contributed by atoms with Crippen molar-refractivity contribution in [1.82, 2.24) is 0 Å². The Kier molecular flexibility index (Phi) is 8.68. The number of aliphatic hydroxyl groups is 2. The minimum Gasteiger partial charge on any atom is -0.393 e. The number of hydrogen-bond acceptors (Lipinski definition) is 4. The summed E-state index contributed by atoms with van der Waals surface area (Å²) < 4.78 is 0. The van der Waals surface area contributed by atoms with Crippen molar-refractivity contribution in [3.8, 4) is 0 Å². The Hall–Kier alpha value is -2.28. The van der Waals surface area contributed by atoms with Crippen LogP contribution in [0.1, 0.15) is 130 Å². The first-order chi connectivity index (χ1) is 22.8. The molecule has 260 valence electrons. The van der Waals surface area contributed by atoms with E-state index < -0.39 is 0 Å². The van der Waals surface area contributed by atoms with E-state index in [2.05, 4.69) is 37.4 Å². The third-order valence-corrected chi connectivity index (χ3v) is 16.8. The lowest BCUT2D eigenvalue weighted by molar-refractivity contribution is -0.157. The molecule has 0 aromatic carbocycles. The smallest absolute Gasteiger partial charge is 0.154 e. The lowest BCUT2D eigenvalue weighted by Crippen LogP contribution is -2.57. The summed E-state index contributed by atoms with van der Waals surface area (Å²) in [5.41, 5.74) is 2.49. The van der Waals surface area contributed by atoms with Crippen LogP contribution in [-0.2, 0) is 9.59 Å². The summed E-state index contributed by atoms with van der Waals surface area (Å²) in [5, 5.41) is 20.2. The molecule has 2 N–H and O–H groups in total. The number of fused-ring (bicyclic) bond motifs is 10. The maximum absolute atomic E-state index is 13.3. The standard InChI is InChI=1S/2C21H29NO2/c2*1-20-9-8-15(23)10-13(20)4-6-16-17-7-5-14(12-22-3)21(17,2)11-18(24)19(16)20/h2*12-13,15-17,19,23H,4-11H2,1-2H3/b2*14-12-/t13-,15+,16-,17-,19+,20-,21+;13-,15-,16+,17+,19-,20+,21-/m01/s1. The molecule has 8 aliphatic rings. The van der Waals surface area contributed by atoms with E-state index in [-0.39, 0.29) is 45.7 Å². The minimum atomic E-state index is -0.164. The molecule has 8 rings (SSSR count). The average Bonchev–Trinajstić information content (AvgIpc) is 3.53. The molecule has 8 saturated carbocycles. The number of nitrogens with zero attached hydrogens (tertiary/aromatic N) is 2. The fourth-order valence-corrected chi connectivity index (χ4v) is 14.4. The van der Waals surface area contributed by atoms with Gasteiger partial charge in [-0.3, -0.25) is 9.59 Å². The van der Waals surface area contributed by atoms with E-state index in [4.69, 9.17) is 13.1 Å². The summed E-state index contributed by atoms with van der Waals surface area (Å²) in [7, 11) is 0. The molecule has 0 aromatic heterocycles. The molecule has 0 amide bonds. The van der Waals surface area contributed by atoms with Gasteiger partial charge in [0.2, 0.25) is 0 Å². The fourth-order valence-electron chi connectivity index (χ4n) is 14.4. The number of Topliss-reactive ketones (excluding diaryl/α,β-unsaturated/α-hetero) is 2. The van der Waals surface area contributed by atoms with Crippen molar-refractivity contribution >= 4 is 11.6 Å². The van der Waals surface area contributed by atoms with Crippen molar-refractivity contribution in [1.29, 1.82) is 0 Å². The van der Waals surface area contributed by atoms with E-state index in [0.29, 0.717) is 59.9 Å². The molecule has 0 aliphatic heterocycles. The van der Waals surface area contributed by atoms with E-state index in [1.165, 1.54) is 11.1 Å². The van der Waals surface area contributed by atoms with Gasteiger partial charge in [-0.05, 0) is 147 Å². The number of rotatable bonds is 0. The first-order valence-corrected chi connectivity index (χ1v) is 19.3. The molecular weight excluding hydrogens is 596 g/mol. The molecule has 0 spiro atoms. The zero-order valence-electron chi connectivity index (χ0n) is 29.8. The summed E-state index contributed by atoms with van der Waals surface area (Å²) in [6.45, 7) is 23.6. The molecule has 48 heavy (non-hydrogen) atoms. The highest BCUT2D eigenvalue weighted by Crippen LogP contribution is 2.68. The topological polar surface area (TPSA) is 83.3 Å². The van der Waals surface area contributed by atoms with Gasteiger partial charge in [0.1, 0.15) is 11.6 Å². The Morgan fingerprint density at radius 2 is 1.02 bits per heavy atom. The maximum Gasteiger partial charge on any atom is 0.154 e. The monoisotopic (exact) mass is 654 g/mol. The van der Waals surface area contributed by atoms with E-state index in [1.54, 1.807) is 12.4 Å². The molecule has 0 saturated heterocycles. The number of ketones is 2. The number of aliphatic hydroxyl groups excluding tert-OH is 2. The molecule has 14 atom stereocenters. The zero-order valence-corrected chi connectivity index (χ0v) is 29.8. The average molecular weight is 655 g/mol. The summed E-state index contributed by atoms with van der Waals surface area (Å²) in [5.74, 6) is 4.40. The minimum absolute atomic E-state index is 0.0693. The van der Waals surface area contributed by atoms with Crippen LogP contribution in [0.2, 0.25) is 0 Å². The second-order valence-corrected chi connectivity index (χ2v) is 18.7. The van der Waals surface area contributed by atoms with Crippen LogP contribution >= 0.6 is 0 Å². The first kappa shape index (κ1) is 34.2. The summed E-state index contributed by atoms with van der Waals surface area (Å²) in [4.78, 5) is 33.6. The lowest BCUT2D eigenvalue weighted by atomic mass is 9.44. The van der Waals surface area contributed by atoms with Gasteiger partial charge in [0, 0.05) is 24.7 Å². The summed E-state index contributed by atoms with van der Waals surface area (Å²) >= 11 is 0. The van der Waals surface area contributed by atoms with E-state index in [1.807, 2.05) is 0 Å². The van der Waals surface area contributed by atoms with Crippen molar-refractivity contribution < 1.29 is 19.8 Å². The number of hydrogen-bond donors (Lipinski definition) is 2. The predicted octanol–water partition coefficient (Wildman–Crippen LogP) is 8.74. The third kappa shape index (κ3) is 5.05. The SMILES string of the molecule is [C-]#[N+]/C=C1/CC[C@H]2[C@@H]3CC[C@@H]4C[C@H](O)CC[C@]4(C)[C@H]3C(=O)C[C@]12C.[C-]#[N+]/C=C1/CC[C@H]2[C@@H]3CC[C@H]4C[C@H](O)CC[C@]4(C)[C@H]3C(=O)C[C@]12C. The maximum atomic E-state index is 13.3. The highest BCUT2D eigenvalue weighted by Gasteiger charge is 2.63. The largest absolute Gasteiger partial charge is 0.393 e. The van der Waals surface area contributed by atoms with Crippen LogP contribution in [0.15, 0.2) is 23.5 Å². The number of carbonyl (C=O) groups is 2. The molecule has 6 nitrogen and oxygen atoms in total. The van der Waals surface area contributed by atoms with Gasteiger partial charge < -0.3 is 10.2 Å². The van der Waals surface area contributed by atoms with Gasteiger partial charge in [-0.1, -0.05) is 38.8 Å². The van der Waals surface area contributed by atoms with Crippen LogP contribution in [0.3, 0.4) is 0 Å². The Morgan fingerprint density at radius 3 is 1.40 bits per heavy atom. The molecule has 0 unspecified atom stereocenters. The van der Waals surface area contributed by atoms with Gasteiger partial charge in [-0.15, -0.1) is 0 Å². The van der Waals surface area contributed by atoms with Crippen LogP contribution in [0, 0.1) is 82.1 Å². The Bertz CT molecular complexity index is 1370. The lowest BCUT2D eigenvalue weighted by Gasteiger charge is -2.59. The fraction of sp³-hybridized carbons (Fsp3) is 0.810. The molecule has 6 heteroatoms. The first-order valence-electron chi connectivity index (χ1n) is 19.3. The van der Waals surface area contributed by atoms with Crippen molar-refractivity contribution in [3.05, 3.63) is 46.4 Å². The molecule has 0 heterocycles. The highest BCUT2D eigenvalue weighted by molar-refractivity contribution is 5.85. The molecular formula is C42H58N2O4. The Labute approximate surface area is 288 Å². The third-order valence-electron chi connectivity index (χ3n) is 16.8.